The molecule has 1 heterocycles. The van der Waals surface area contributed by atoms with Crippen LogP contribution in [0.3, 0.4) is 0 Å². The van der Waals surface area contributed by atoms with Crippen LogP contribution < -0.4 is 15.4 Å². The molecular weight excluding hydrogens is 391 g/mol. The van der Waals surface area contributed by atoms with Crippen molar-refractivity contribution in [2.75, 3.05) is 18.5 Å². The van der Waals surface area contributed by atoms with E-state index < -0.39 is 18.8 Å². The highest BCUT2D eigenvalue weighted by molar-refractivity contribution is 6.02. The minimum Gasteiger partial charge on any atom is -0.484 e. The summed E-state index contributed by atoms with van der Waals surface area (Å²) in [4.78, 5) is 28.1. The van der Waals surface area contributed by atoms with Gasteiger partial charge in [-0.25, -0.2) is 9.79 Å². The van der Waals surface area contributed by atoms with E-state index in [0.717, 1.165) is 6.42 Å². The quantitative estimate of drug-likeness (QED) is 0.387. The van der Waals surface area contributed by atoms with Crippen LogP contribution >= 0.6 is 0 Å². The highest BCUT2D eigenvalue weighted by Crippen LogP contribution is 2.22. The fraction of sp³-hybridized carbons (Fsp3) is 0.421. The largest absolute Gasteiger partial charge is 0.484 e. The van der Waals surface area contributed by atoms with Gasteiger partial charge >= 0.3 is 12.1 Å². The number of rotatable bonds is 8. The Morgan fingerprint density at radius 1 is 1.24 bits per heavy atom. The van der Waals surface area contributed by atoms with E-state index in [0.29, 0.717) is 17.9 Å². The monoisotopic (exact) mass is 413 g/mol. The smallest absolute Gasteiger partial charge is 0.422 e. The lowest BCUT2D eigenvalue weighted by molar-refractivity contribution is -0.153. The van der Waals surface area contributed by atoms with Crippen LogP contribution in [0.2, 0.25) is 0 Å². The van der Waals surface area contributed by atoms with Crippen LogP contribution in [0.25, 0.3) is 0 Å². The van der Waals surface area contributed by atoms with Gasteiger partial charge in [0.1, 0.15) is 17.4 Å². The summed E-state index contributed by atoms with van der Waals surface area (Å²) in [5.41, 5.74) is 0.724. The van der Waals surface area contributed by atoms with Gasteiger partial charge in [-0.15, -0.1) is 0 Å². The second kappa shape index (κ2) is 9.94. The van der Waals surface area contributed by atoms with E-state index in [1.54, 1.807) is 19.1 Å². The fourth-order valence-corrected chi connectivity index (χ4v) is 2.46. The summed E-state index contributed by atoms with van der Waals surface area (Å²) < 4.78 is 46.3. The molecule has 1 amide bonds. The Balaban J connectivity index is 2.15. The highest BCUT2D eigenvalue weighted by Gasteiger charge is 2.29. The van der Waals surface area contributed by atoms with E-state index in [1.807, 2.05) is 6.92 Å². The minimum absolute atomic E-state index is 0.0808. The highest BCUT2D eigenvalue weighted by atomic mass is 19.4. The van der Waals surface area contributed by atoms with E-state index in [1.165, 1.54) is 12.1 Å². The van der Waals surface area contributed by atoms with Crippen LogP contribution in [0, 0.1) is 0 Å². The number of benzene rings is 1. The first-order chi connectivity index (χ1) is 13.7. The molecule has 0 saturated heterocycles. The summed E-state index contributed by atoms with van der Waals surface area (Å²) in [5, 5.41) is 5.59. The number of aliphatic imine (C=N–C) groups is 1. The topological polar surface area (TPSA) is 89.0 Å². The molecule has 1 aliphatic rings. The van der Waals surface area contributed by atoms with Crippen molar-refractivity contribution in [2.24, 2.45) is 4.99 Å². The van der Waals surface area contributed by atoms with Crippen LogP contribution in [0.1, 0.15) is 33.1 Å². The molecular formula is C19H22F3N3O4. The maximum atomic E-state index is 12.2. The molecule has 0 atom stereocenters. The number of nitrogens with one attached hydrogen (secondary N) is 2. The first kappa shape index (κ1) is 22.3. The number of nitrogens with zero attached hydrogens (tertiary/aromatic N) is 1. The Bertz CT molecular complexity index is 802. The molecule has 1 aliphatic heterocycles. The molecule has 7 nitrogen and oxygen atoms in total. The van der Waals surface area contributed by atoms with Crippen LogP contribution in [-0.4, -0.2) is 37.1 Å². The molecule has 1 aromatic carbocycles. The Morgan fingerprint density at radius 3 is 2.52 bits per heavy atom. The maximum absolute atomic E-state index is 12.2. The average Bonchev–Trinajstić information content (AvgIpc) is 3.01. The second-order valence-electron chi connectivity index (χ2n) is 6.13. The van der Waals surface area contributed by atoms with E-state index in [4.69, 9.17) is 4.74 Å². The third-order valence-corrected chi connectivity index (χ3v) is 3.68. The van der Waals surface area contributed by atoms with Gasteiger partial charge in [0.15, 0.2) is 6.61 Å². The summed E-state index contributed by atoms with van der Waals surface area (Å²) in [6, 6.07) is 5.89. The maximum Gasteiger partial charge on any atom is 0.422 e. The molecule has 1 aromatic rings. The van der Waals surface area contributed by atoms with Gasteiger partial charge in [0.2, 0.25) is 5.91 Å². The van der Waals surface area contributed by atoms with Gasteiger partial charge < -0.3 is 20.1 Å². The van der Waals surface area contributed by atoms with Crippen molar-refractivity contribution in [3.63, 3.8) is 0 Å². The molecule has 0 radical (unpaired) electrons. The first-order valence-corrected chi connectivity index (χ1v) is 9.06. The van der Waals surface area contributed by atoms with Crippen LogP contribution in [-0.2, 0) is 14.3 Å². The molecule has 0 saturated carbocycles. The number of ether oxygens (including phenoxy) is 2. The van der Waals surface area contributed by atoms with Crippen LogP contribution in [0.15, 0.2) is 40.7 Å². The van der Waals surface area contributed by atoms with Gasteiger partial charge in [-0.1, -0.05) is 6.92 Å². The Hall–Kier alpha value is -3.04. The number of anilines is 1. The average molecular weight is 413 g/mol. The standard InChI is InChI=1S/C19H22F3N3O4/c1-3-5-15(24-17-14(10-16(26)25-17)18(27)28-4-2)23-12-6-8-13(9-7-12)29-11-19(20,21)22/h6-9H,3-5,10-11H2,1-2H3,(H,23,24)(H,25,26). The molecule has 10 heteroatoms. The zero-order valence-electron chi connectivity index (χ0n) is 16.1. The normalized spacial score (nSPS) is 14.7. The Kier molecular flexibility index (Phi) is 7.63. The molecule has 2 N–H and O–H groups in total. The van der Waals surface area contributed by atoms with E-state index in [-0.39, 0.29) is 36.1 Å². The molecule has 0 unspecified atom stereocenters. The van der Waals surface area contributed by atoms with Crippen molar-refractivity contribution >= 4 is 23.4 Å². The number of esters is 1. The number of carbonyl (C=O) groups excluding carboxylic acids is 2. The Labute approximate surface area is 166 Å². The molecule has 0 fully saturated rings. The molecule has 158 valence electrons. The molecule has 2 rings (SSSR count). The fourth-order valence-electron chi connectivity index (χ4n) is 2.46. The molecule has 0 aromatic heterocycles. The minimum atomic E-state index is -4.41. The SMILES string of the molecule is CCCC(=NC1=C(C(=O)OCC)CC(=O)N1)Nc1ccc(OCC(F)(F)F)cc1. The summed E-state index contributed by atoms with van der Waals surface area (Å²) in [6.07, 6.45) is -3.27. The van der Waals surface area contributed by atoms with Crippen molar-refractivity contribution in [2.45, 2.75) is 39.3 Å². The number of amidine groups is 1. The van der Waals surface area contributed by atoms with Gasteiger partial charge in [-0.2, -0.15) is 13.2 Å². The molecule has 0 bridgehead atoms. The van der Waals surface area contributed by atoms with Crippen LogP contribution in [0.5, 0.6) is 5.75 Å². The first-order valence-electron chi connectivity index (χ1n) is 9.06. The lowest BCUT2D eigenvalue weighted by atomic mass is 10.2. The molecule has 0 spiro atoms. The van der Waals surface area contributed by atoms with Crippen molar-refractivity contribution in [1.82, 2.24) is 5.32 Å². The third-order valence-electron chi connectivity index (χ3n) is 3.68. The second-order valence-corrected chi connectivity index (χ2v) is 6.13. The number of carbonyl (C=O) groups is 2. The predicted molar refractivity (Wildman–Crippen MR) is 100 cm³/mol. The van der Waals surface area contributed by atoms with Gasteiger partial charge in [-0.05, 0) is 37.6 Å². The Morgan fingerprint density at radius 2 is 1.93 bits per heavy atom. The number of alkyl halides is 3. The van der Waals surface area contributed by atoms with Gasteiger partial charge in [0.25, 0.3) is 0 Å². The number of amides is 1. The van der Waals surface area contributed by atoms with Crippen LogP contribution in [0.4, 0.5) is 18.9 Å². The van der Waals surface area contributed by atoms with E-state index >= 15 is 0 Å². The van der Waals surface area contributed by atoms with Crippen molar-refractivity contribution < 1.29 is 32.2 Å². The summed E-state index contributed by atoms with van der Waals surface area (Å²) in [5.74, 6) is -0.261. The summed E-state index contributed by atoms with van der Waals surface area (Å²) in [6.45, 7) is 2.40. The summed E-state index contributed by atoms with van der Waals surface area (Å²) in [7, 11) is 0. The molecule has 29 heavy (non-hydrogen) atoms. The lowest BCUT2D eigenvalue weighted by Crippen LogP contribution is -2.19. The third kappa shape index (κ3) is 7.13. The van der Waals surface area contributed by atoms with Crippen molar-refractivity contribution in [3.8, 4) is 5.75 Å². The van der Waals surface area contributed by atoms with Gasteiger partial charge in [0.05, 0.1) is 18.6 Å². The predicted octanol–water partition coefficient (Wildman–Crippen LogP) is 3.53. The van der Waals surface area contributed by atoms with Gasteiger partial charge in [-0.3, -0.25) is 4.79 Å². The van der Waals surface area contributed by atoms with Gasteiger partial charge in [0, 0.05) is 12.1 Å². The lowest BCUT2D eigenvalue weighted by Gasteiger charge is -2.12. The zero-order valence-corrected chi connectivity index (χ0v) is 16.1. The zero-order chi connectivity index (χ0) is 21.4. The number of hydrogen-bond donors (Lipinski definition) is 2. The molecule has 0 aliphatic carbocycles. The van der Waals surface area contributed by atoms with E-state index in [2.05, 4.69) is 20.4 Å². The van der Waals surface area contributed by atoms with Crippen molar-refractivity contribution in [1.29, 1.82) is 0 Å². The van der Waals surface area contributed by atoms with E-state index in [9.17, 15) is 22.8 Å². The number of hydrogen-bond acceptors (Lipinski definition) is 5. The number of halogens is 3. The van der Waals surface area contributed by atoms with Crippen molar-refractivity contribution in [3.05, 3.63) is 35.7 Å². The summed E-state index contributed by atoms with van der Waals surface area (Å²) >= 11 is 0.